The molecule has 0 aliphatic heterocycles. The van der Waals surface area contributed by atoms with E-state index in [1.54, 1.807) is 6.92 Å². The standard InChI is InChI=1S/C16H24O/c1-4-7-14-8-6-9-15-10-13(12(3)17)11-16(14,15)5-2/h6,9,11,14-15H,4-5,7-8,10H2,1-3H3. The van der Waals surface area contributed by atoms with Crippen LogP contribution in [0.25, 0.3) is 0 Å². The van der Waals surface area contributed by atoms with E-state index in [0.29, 0.717) is 5.92 Å². The predicted octanol–water partition coefficient (Wildman–Crippen LogP) is 4.29. The normalized spacial score (nSPS) is 35.6. The fraction of sp³-hybridized carbons (Fsp3) is 0.688. The maximum atomic E-state index is 11.6. The minimum atomic E-state index is 0.274. The van der Waals surface area contributed by atoms with Crippen LogP contribution in [-0.2, 0) is 4.79 Å². The molecule has 0 aromatic carbocycles. The average Bonchev–Trinajstić information content (AvgIpc) is 2.70. The molecule has 0 N–H and O–H groups in total. The van der Waals surface area contributed by atoms with Crippen molar-refractivity contribution < 1.29 is 4.79 Å². The van der Waals surface area contributed by atoms with Crippen molar-refractivity contribution in [3.63, 3.8) is 0 Å². The molecule has 0 aromatic heterocycles. The van der Waals surface area contributed by atoms with Crippen LogP contribution in [0.5, 0.6) is 0 Å². The first-order chi connectivity index (χ1) is 8.14. The molecule has 0 spiro atoms. The van der Waals surface area contributed by atoms with Crippen LogP contribution in [0, 0.1) is 17.3 Å². The Morgan fingerprint density at radius 1 is 1.47 bits per heavy atom. The summed E-state index contributed by atoms with van der Waals surface area (Å²) in [5.41, 5.74) is 1.36. The van der Waals surface area contributed by atoms with E-state index in [0.717, 1.165) is 17.9 Å². The zero-order valence-electron chi connectivity index (χ0n) is 11.3. The van der Waals surface area contributed by atoms with Gasteiger partial charge in [-0.25, -0.2) is 0 Å². The Balaban J connectivity index is 2.35. The lowest BCUT2D eigenvalue weighted by atomic mass is 9.62. The molecule has 94 valence electrons. The van der Waals surface area contributed by atoms with Gasteiger partial charge in [0, 0.05) is 0 Å². The summed E-state index contributed by atoms with van der Waals surface area (Å²) >= 11 is 0. The molecule has 3 unspecified atom stereocenters. The van der Waals surface area contributed by atoms with Gasteiger partial charge in [-0.1, -0.05) is 38.5 Å². The van der Waals surface area contributed by atoms with Crippen LogP contribution in [0.1, 0.15) is 52.9 Å². The van der Waals surface area contributed by atoms with Crippen LogP contribution in [-0.4, -0.2) is 5.78 Å². The lowest BCUT2D eigenvalue weighted by Crippen LogP contribution is -2.34. The van der Waals surface area contributed by atoms with Gasteiger partial charge >= 0.3 is 0 Å². The van der Waals surface area contributed by atoms with Gasteiger partial charge in [0.05, 0.1) is 0 Å². The summed E-state index contributed by atoms with van der Waals surface area (Å²) in [6.07, 6.45) is 12.9. The fourth-order valence-electron chi connectivity index (χ4n) is 3.84. The van der Waals surface area contributed by atoms with E-state index in [-0.39, 0.29) is 11.2 Å². The van der Waals surface area contributed by atoms with Gasteiger partial charge < -0.3 is 0 Å². The monoisotopic (exact) mass is 232 g/mol. The molecular weight excluding hydrogens is 208 g/mol. The van der Waals surface area contributed by atoms with E-state index in [1.807, 2.05) is 0 Å². The van der Waals surface area contributed by atoms with E-state index >= 15 is 0 Å². The first-order valence-electron chi connectivity index (χ1n) is 7.03. The molecule has 0 bridgehead atoms. The zero-order valence-corrected chi connectivity index (χ0v) is 11.3. The summed E-state index contributed by atoms with van der Waals surface area (Å²) in [4.78, 5) is 11.6. The lowest BCUT2D eigenvalue weighted by Gasteiger charge is -2.42. The van der Waals surface area contributed by atoms with Gasteiger partial charge in [-0.2, -0.15) is 0 Å². The zero-order chi connectivity index (χ0) is 12.5. The molecule has 0 radical (unpaired) electrons. The van der Waals surface area contributed by atoms with Gasteiger partial charge in [0.25, 0.3) is 0 Å². The molecule has 2 rings (SSSR count). The summed E-state index contributed by atoms with van der Waals surface area (Å²) < 4.78 is 0. The summed E-state index contributed by atoms with van der Waals surface area (Å²) in [5.74, 6) is 1.59. The second-order valence-corrected chi connectivity index (χ2v) is 5.65. The Hall–Kier alpha value is -0.850. The van der Waals surface area contributed by atoms with Gasteiger partial charge in [-0.05, 0) is 55.4 Å². The molecule has 17 heavy (non-hydrogen) atoms. The number of hydrogen-bond donors (Lipinski definition) is 0. The molecular formula is C16H24O. The molecule has 0 saturated carbocycles. The number of ketones is 1. The summed E-state index contributed by atoms with van der Waals surface area (Å²) in [5, 5.41) is 0. The topological polar surface area (TPSA) is 17.1 Å². The van der Waals surface area contributed by atoms with Crippen LogP contribution in [0.3, 0.4) is 0 Å². The molecule has 3 atom stereocenters. The first-order valence-corrected chi connectivity index (χ1v) is 7.03. The van der Waals surface area contributed by atoms with Gasteiger partial charge in [0.2, 0.25) is 0 Å². The number of rotatable bonds is 4. The quantitative estimate of drug-likeness (QED) is 0.661. The number of allylic oxidation sites excluding steroid dienone is 4. The molecule has 0 saturated heterocycles. The van der Waals surface area contributed by atoms with Crippen LogP contribution < -0.4 is 0 Å². The van der Waals surface area contributed by atoms with Crippen LogP contribution in [0.15, 0.2) is 23.8 Å². The van der Waals surface area contributed by atoms with Gasteiger partial charge in [0.1, 0.15) is 0 Å². The van der Waals surface area contributed by atoms with Crippen molar-refractivity contribution in [2.24, 2.45) is 17.3 Å². The Bertz CT molecular complexity index is 364. The molecule has 0 amide bonds. The fourth-order valence-corrected chi connectivity index (χ4v) is 3.84. The SMILES string of the molecule is CCCC1CC=CC2CC(C(C)=O)=CC21CC. The van der Waals surface area contributed by atoms with Crippen molar-refractivity contribution in [1.82, 2.24) is 0 Å². The van der Waals surface area contributed by atoms with Crippen molar-refractivity contribution in [2.75, 3.05) is 0 Å². The third-order valence-electron chi connectivity index (χ3n) is 4.82. The third kappa shape index (κ3) is 2.00. The maximum Gasteiger partial charge on any atom is 0.155 e. The van der Waals surface area contributed by atoms with Gasteiger partial charge in [0.15, 0.2) is 5.78 Å². The Morgan fingerprint density at radius 3 is 2.82 bits per heavy atom. The van der Waals surface area contributed by atoms with Crippen LogP contribution in [0.2, 0.25) is 0 Å². The van der Waals surface area contributed by atoms with Gasteiger partial charge in [-0.3, -0.25) is 4.79 Å². The first kappa shape index (κ1) is 12.6. The highest BCUT2D eigenvalue weighted by molar-refractivity contribution is 5.94. The molecule has 0 aromatic rings. The van der Waals surface area contributed by atoms with Crippen LogP contribution in [0.4, 0.5) is 0 Å². The Labute approximate surface area is 105 Å². The molecule has 2 aliphatic rings. The van der Waals surface area contributed by atoms with E-state index < -0.39 is 0 Å². The largest absolute Gasteiger partial charge is 0.295 e. The highest BCUT2D eigenvalue weighted by Gasteiger charge is 2.46. The minimum absolute atomic E-state index is 0.274. The second kappa shape index (κ2) is 4.80. The number of hydrogen-bond acceptors (Lipinski definition) is 1. The number of fused-ring (bicyclic) bond motifs is 1. The molecule has 2 aliphatic carbocycles. The van der Waals surface area contributed by atoms with Crippen molar-refractivity contribution in [1.29, 1.82) is 0 Å². The Kier molecular flexibility index (Phi) is 3.56. The van der Waals surface area contributed by atoms with Gasteiger partial charge in [-0.15, -0.1) is 0 Å². The van der Waals surface area contributed by atoms with Crippen molar-refractivity contribution in [2.45, 2.75) is 52.9 Å². The lowest BCUT2D eigenvalue weighted by molar-refractivity contribution is -0.113. The summed E-state index contributed by atoms with van der Waals surface area (Å²) in [6.45, 7) is 6.26. The van der Waals surface area contributed by atoms with Crippen LogP contribution >= 0.6 is 0 Å². The van der Waals surface area contributed by atoms with E-state index in [1.165, 1.54) is 25.7 Å². The molecule has 0 fully saturated rings. The highest BCUT2D eigenvalue weighted by Crippen LogP contribution is 2.54. The van der Waals surface area contributed by atoms with Crippen molar-refractivity contribution in [3.8, 4) is 0 Å². The summed E-state index contributed by atoms with van der Waals surface area (Å²) in [7, 11) is 0. The second-order valence-electron chi connectivity index (χ2n) is 5.65. The molecule has 0 heterocycles. The number of carbonyl (C=O) groups excluding carboxylic acids is 1. The highest BCUT2D eigenvalue weighted by atomic mass is 16.1. The predicted molar refractivity (Wildman–Crippen MR) is 71.8 cm³/mol. The summed E-state index contributed by atoms with van der Waals surface area (Å²) in [6, 6.07) is 0. The maximum absolute atomic E-state index is 11.6. The third-order valence-corrected chi connectivity index (χ3v) is 4.82. The van der Waals surface area contributed by atoms with E-state index in [2.05, 4.69) is 32.1 Å². The van der Waals surface area contributed by atoms with E-state index in [4.69, 9.17) is 0 Å². The van der Waals surface area contributed by atoms with Crippen molar-refractivity contribution >= 4 is 5.78 Å². The smallest absolute Gasteiger partial charge is 0.155 e. The minimum Gasteiger partial charge on any atom is -0.295 e. The average molecular weight is 232 g/mol. The van der Waals surface area contributed by atoms with Crippen molar-refractivity contribution in [3.05, 3.63) is 23.8 Å². The number of carbonyl (C=O) groups is 1. The van der Waals surface area contributed by atoms with E-state index in [9.17, 15) is 4.79 Å². The molecule has 1 nitrogen and oxygen atoms in total. The Morgan fingerprint density at radius 2 is 2.24 bits per heavy atom. The number of Topliss-reactive ketones (excluding diaryl/α,β-unsaturated/α-hetero) is 1. The molecule has 1 heteroatoms.